The standard InChI is InChI=1S/C17H18BN3O2/c18-15-5-4-14(9-13(15)11-22)23-16-6-3-12(10-19)17(20-16)21-7-1-2-8-21/h3-6,9,11,17,20H,1-2,7-8,18H2. The van der Waals surface area contributed by atoms with Crippen LogP contribution < -0.4 is 15.5 Å². The molecule has 0 amide bonds. The Bertz CT molecular complexity index is 715. The van der Waals surface area contributed by atoms with Crippen LogP contribution in [0.2, 0.25) is 0 Å². The number of rotatable bonds is 4. The molecule has 1 atom stereocenters. The molecular weight excluding hydrogens is 289 g/mol. The number of likely N-dealkylation sites (tertiary alicyclic amines) is 1. The second-order valence-corrected chi connectivity index (χ2v) is 5.79. The van der Waals surface area contributed by atoms with Gasteiger partial charge >= 0.3 is 0 Å². The third-order valence-corrected chi connectivity index (χ3v) is 4.23. The van der Waals surface area contributed by atoms with Crippen molar-refractivity contribution in [2.24, 2.45) is 0 Å². The maximum Gasteiger partial charge on any atom is 0.194 e. The van der Waals surface area contributed by atoms with Crippen molar-refractivity contribution >= 4 is 19.6 Å². The van der Waals surface area contributed by atoms with E-state index in [0.29, 0.717) is 22.8 Å². The van der Waals surface area contributed by atoms with Crippen LogP contribution in [0.15, 0.2) is 41.8 Å². The molecule has 0 spiro atoms. The van der Waals surface area contributed by atoms with Crippen LogP contribution in [0.1, 0.15) is 23.2 Å². The van der Waals surface area contributed by atoms with Crippen LogP contribution >= 0.6 is 0 Å². The van der Waals surface area contributed by atoms with Crippen molar-refractivity contribution < 1.29 is 9.53 Å². The molecule has 1 aromatic rings. The lowest BCUT2D eigenvalue weighted by Gasteiger charge is -2.31. The molecule has 0 saturated carbocycles. The van der Waals surface area contributed by atoms with E-state index in [9.17, 15) is 10.1 Å². The van der Waals surface area contributed by atoms with Crippen LogP contribution in [-0.2, 0) is 0 Å². The van der Waals surface area contributed by atoms with Gasteiger partial charge in [0.2, 0.25) is 0 Å². The van der Waals surface area contributed by atoms with E-state index >= 15 is 0 Å². The molecule has 3 rings (SSSR count). The van der Waals surface area contributed by atoms with Gasteiger partial charge in [0.05, 0.1) is 11.6 Å². The molecule has 116 valence electrons. The molecule has 1 aromatic carbocycles. The summed E-state index contributed by atoms with van der Waals surface area (Å²) < 4.78 is 5.85. The number of dihydropyridines is 1. The predicted octanol–water partition coefficient (Wildman–Crippen LogP) is 0.453. The average Bonchev–Trinajstić information content (AvgIpc) is 3.11. The molecule has 2 aliphatic heterocycles. The number of nitrogens with zero attached hydrogens (tertiary/aromatic N) is 2. The summed E-state index contributed by atoms with van der Waals surface area (Å²) in [6.07, 6.45) is 6.54. The number of hydrogen-bond donors (Lipinski definition) is 1. The Labute approximate surface area is 136 Å². The molecule has 6 heteroatoms. The maximum absolute atomic E-state index is 11.0. The minimum atomic E-state index is -0.140. The molecule has 0 aliphatic carbocycles. The van der Waals surface area contributed by atoms with Crippen molar-refractivity contribution in [1.29, 1.82) is 5.26 Å². The van der Waals surface area contributed by atoms with Gasteiger partial charge in [0.25, 0.3) is 0 Å². The highest BCUT2D eigenvalue weighted by atomic mass is 16.5. The van der Waals surface area contributed by atoms with Crippen LogP contribution in [-0.4, -0.2) is 38.3 Å². The first-order valence-corrected chi connectivity index (χ1v) is 7.77. The summed E-state index contributed by atoms with van der Waals surface area (Å²) in [5.74, 6) is 1.19. The Balaban J connectivity index is 1.78. The molecule has 1 saturated heterocycles. The number of ether oxygens (including phenoxy) is 1. The van der Waals surface area contributed by atoms with E-state index in [4.69, 9.17) is 4.74 Å². The highest BCUT2D eigenvalue weighted by molar-refractivity contribution is 6.35. The normalized spacial score (nSPS) is 20.9. The third-order valence-electron chi connectivity index (χ3n) is 4.23. The van der Waals surface area contributed by atoms with Crippen molar-refractivity contribution in [3.8, 4) is 11.8 Å². The SMILES string of the molecule is Bc1ccc(OC2=CC=C(C#N)C(N3CCCC3)N2)cc1C=O. The van der Waals surface area contributed by atoms with Gasteiger partial charge in [0.15, 0.2) is 5.88 Å². The van der Waals surface area contributed by atoms with E-state index in [2.05, 4.69) is 16.3 Å². The average molecular weight is 307 g/mol. The van der Waals surface area contributed by atoms with Crippen LogP contribution in [0.3, 0.4) is 0 Å². The van der Waals surface area contributed by atoms with Crippen LogP contribution in [0.5, 0.6) is 5.75 Å². The van der Waals surface area contributed by atoms with Gasteiger partial charge in [-0.2, -0.15) is 5.26 Å². The summed E-state index contributed by atoms with van der Waals surface area (Å²) in [7, 11) is 1.89. The molecule has 1 fully saturated rings. The number of hydrogen-bond acceptors (Lipinski definition) is 5. The summed E-state index contributed by atoms with van der Waals surface area (Å²) in [5.41, 5.74) is 2.22. The van der Waals surface area contributed by atoms with Crippen molar-refractivity contribution in [1.82, 2.24) is 10.2 Å². The number of nitrogens with one attached hydrogen (secondary N) is 1. The number of allylic oxidation sites excluding steroid dienone is 2. The van der Waals surface area contributed by atoms with E-state index in [1.54, 1.807) is 18.2 Å². The van der Waals surface area contributed by atoms with E-state index in [-0.39, 0.29) is 6.17 Å². The van der Waals surface area contributed by atoms with Gasteiger partial charge in [0, 0.05) is 18.7 Å². The van der Waals surface area contributed by atoms with Gasteiger partial charge in [-0.15, -0.1) is 0 Å². The fourth-order valence-corrected chi connectivity index (χ4v) is 2.90. The maximum atomic E-state index is 11.0. The highest BCUT2D eigenvalue weighted by Gasteiger charge is 2.28. The van der Waals surface area contributed by atoms with Gasteiger partial charge in [-0.3, -0.25) is 9.69 Å². The van der Waals surface area contributed by atoms with E-state index < -0.39 is 0 Å². The second-order valence-electron chi connectivity index (χ2n) is 5.79. The Morgan fingerprint density at radius 2 is 2.13 bits per heavy atom. The molecule has 23 heavy (non-hydrogen) atoms. The van der Waals surface area contributed by atoms with Crippen LogP contribution in [0.25, 0.3) is 0 Å². The molecule has 2 heterocycles. The minimum absolute atomic E-state index is 0.140. The second kappa shape index (κ2) is 6.72. The van der Waals surface area contributed by atoms with Crippen LogP contribution in [0.4, 0.5) is 0 Å². The quantitative estimate of drug-likeness (QED) is 0.646. The fourth-order valence-electron chi connectivity index (χ4n) is 2.90. The molecule has 1 N–H and O–H groups in total. The Hall–Kier alpha value is -2.52. The summed E-state index contributed by atoms with van der Waals surface area (Å²) in [6.45, 7) is 1.95. The monoisotopic (exact) mass is 307 g/mol. The largest absolute Gasteiger partial charge is 0.441 e. The van der Waals surface area contributed by atoms with Gasteiger partial charge in [-0.1, -0.05) is 11.5 Å². The first kappa shape index (κ1) is 15.4. The number of carbonyl (C=O) groups is 1. The molecule has 0 bridgehead atoms. The number of carbonyl (C=O) groups excluding carboxylic acids is 1. The lowest BCUT2D eigenvalue weighted by atomic mass is 9.91. The highest BCUT2D eigenvalue weighted by Crippen LogP contribution is 2.21. The number of benzene rings is 1. The van der Waals surface area contributed by atoms with Gasteiger partial charge in [-0.25, -0.2) is 0 Å². The van der Waals surface area contributed by atoms with Crippen LogP contribution in [0, 0.1) is 11.3 Å². The minimum Gasteiger partial charge on any atom is -0.441 e. The molecule has 0 radical (unpaired) electrons. The number of aldehydes is 1. The van der Waals surface area contributed by atoms with E-state index in [0.717, 1.165) is 37.7 Å². The number of nitriles is 1. The predicted molar refractivity (Wildman–Crippen MR) is 90.1 cm³/mol. The van der Waals surface area contributed by atoms with E-state index in [1.165, 1.54) is 0 Å². The fraction of sp³-hybridized carbons (Fsp3) is 0.294. The van der Waals surface area contributed by atoms with Gasteiger partial charge in [0.1, 0.15) is 26.0 Å². The lowest BCUT2D eigenvalue weighted by molar-refractivity contribution is 0.112. The molecular formula is C17H18BN3O2. The third kappa shape index (κ3) is 3.30. The zero-order chi connectivity index (χ0) is 16.2. The van der Waals surface area contributed by atoms with Gasteiger partial charge < -0.3 is 10.1 Å². The van der Waals surface area contributed by atoms with Gasteiger partial charge in [-0.05, 0) is 37.1 Å². The van der Waals surface area contributed by atoms with E-state index in [1.807, 2.05) is 20.0 Å². The zero-order valence-corrected chi connectivity index (χ0v) is 13.1. The summed E-state index contributed by atoms with van der Waals surface area (Å²) in [4.78, 5) is 13.3. The summed E-state index contributed by atoms with van der Waals surface area (Å²) in [6, 6.07) is 7.66. The molecule has 1 unspecified atom stereocenters. The van der Waals surface area contributed by atoms with Crippen molar-refractivity contribution in [2.75, 3.05) is 13.1 Å². The first-order valence-electron chi connectivity index (χ1n) is 7.77. The van der Waals surface area contributed by atoms with Crippen molar-refractivity contribution in [3.05, 3.63) is 47.4 Å². The van der Waals surface area contributed by atoms with Crippen molar-refractivity contribution in [3.63, 3.8) is 0 Å². The van der Waals surface area contributed by atoms with Crippen molar-refractivity contribution in [2.45, 2.75) is 19.0 Å². The smallest absolute Gasteiger partial charge is 0.194 e. The Kier molecular flexibility index (Phi) is 4.49. The molecule has 5 nitrogen and oxygen atoms in total. The summed E-state index contributed by atoms with van der Waals surface area (Å²) in [5, 5.41) is 12.6. The summed E-state index contributed by atoms with van der Waals surface area (Å²) >= 11 is 0. The topological polar surface area (TPSA) is 65.4 Å². The lowest BCUT2D eigenvalue weighted by Crippen LogP contribution is -2.47. The Morgan fingerprint density at radius 1 is 1.35 bits per heavy atom. The Morgan fingerprint density at radius 3 is 2.83 bits per heavy atom. The molecule has 0 aromatic heterocycles. The first-order chi connectivity index (χ1) is 11.2. The zero-order valence-electron chi connectivity index (χ0n) is 13.1. The molecule has 2 aliphatic rings.